The number of rotatable bonds is 5. The van der Waals surface area contributed by atoms with Gasteiger partial charge >= 0.3 is 0 Å². The Bertz CT molecular complexity index is 3200. The minimum Gasteiger partial charge on any atom is -0.310 e. The molecule has 0 bridgehead atoms. The van der Waals surface area contributed by atoms with Gasteiger partial charge in [0.1, 0.15) is 0 Å². The van der Waals surface area contributed by atoms with Gasteiger partial charge in [-0.3, -0.25) is 0 Å². The summed E-state index contributed by atoms with van der Waals surface area (Å²) in [4.78, 5) is 2.60. The van der Waals surface area contributed by atoms with Gasteiger partial charge < -0.3 is 4.90 Å². The summed E-state index contributed by atoms with van der Waals surface area (Å²) in [5.74, 6) is 0. The molecule has 0 saturated carbocycles. The zero-order valence-corrected chi connectivity index (χ0v) is 34.0. The molecule has 0 amide bonds. The van der Waals surface area contributed by atoms with Crippen molar-refractivity contribution < 1.29 is 0 Å². The highest BCUT2D eigenvalue weighted by molar-refractivity contribution is 6.07. The van der Waals surface area contributed by atoms with Crippen molar-refractivity contribution in [3.8, 4) is 33.4 Å². The third-order valence-electron chi connectivity index (χ3n) is 13.5. The molecule has 0 N–H and O–H groups in total. The molecule has 0 radical (unpaired) electrons. The quantitative estimate of drug-likeness (QED) is 0.157. The lowest BCUT2D eigenvalue weighted by atomic mass is 9.64. The molecule has 0 atom stereocenters. The third-order valence-corrected chi connectivity index (χ3v) is 13.5. The average molecular weight is 778 g/mol. The molecule has 288 valence electrons. The van der Waals surface area contributed by atoms with E-state index in [2.05, 4.69) is 218 Å². The van der Waals surface area contributed by atoms with E-state index in [0.29, 0.717) is 0 Å². The van der Waals surface area contributed by atoms with Crippen molar-refractivity contribution >= 4 is 46.1 Å². The average Bonchev–Trinajstić information content (AvgIpc) is 3.60. The van der Waals surface area contributed by atoms with Crippen LogP contribution in [0.4, 0.5) is 11.4 Å². The molecule has 12 rings (SSSR count). The standard InChI is InChI=1S/C60H43N/c1-2-3-23-45-44-24-10-11-25-46(44)49-26-12-15-31-56(51-28-18-27-50(45)59(49)51)61-57-32-16-13-29-52(57)60(53-30-14-17-33-58(53)61)54-38-42(40-19-6-4-7-20-40)34-36-47(54)48-37-35-43(39-55(48)60)41-21-8-5-9-22-41/h2-11,13-14,16-23,25-39H,1,12,15,24H2/b23-3-,49-26-,56-31+. The molecule has 4 aliphatic rings. The number of fused-ring (bicyclic) bond motifs is 11. The van der Waals surface area contributed by atoms with Gasteiger partial charge in [-0.05, 0) is 131 Å². The van der Waals surface area contributed by atoms with Crippen LogP contribution < -0.4 is 15.3 Å². The monoisotopic (exact) mass is 777 g/mol. The van der Waals surface area contributed by atoms with Gasteiger partial charge in [0, 0.05) is 5.56 Å². The van der Waals surface area contributed by atoms with E-state index in [1.54, 1.807) is 0 Å². The second kappa shape index (κ2) is 14.1. The molecule has 61 heavy (non-hydrogen) atoms. The molecule has 3 aliphatic carbocycles. The van der Waals surface area contributed by atoms with E-state index in [-0.39, 0.29) is 0 Å². The van der Waals surface area contributed by atoms with Crippen LogP contribution in [-0.2, 0) is 11.8 Å². The Kier molecular flexibility index (Phi) is 8.18. The molecule has 0 fully saturated rings. The van der Waals surface area contributed by atoms with Crippen LogP contribution in [0.5, 0.6) is 0 Å². The maximum atomic E-state index is 4.04. The van der Waals surface area contributed by atoms with Crippen LogP contribution in [0.3, 0.4) is 0 Å². The minimum atomic E-state index is -0.577. The van der Waals surface area contributed by atoms with Crippen LogP contribution in [0.15, 0.2) is 201 Å². The zero-order valence-electron chi connectivity index (χ0n) is 34.0. The van der Waals surface area contributed by atoms with Gasteiger partial charge in [0.15, 0.2) is 0 Å². The van der Waals surface area contributed by atoms with E-state index in [0.717, 1.165) is 19.3 Å². The van der Waals surface area contributed by atoms with Crippen LogP contribution >= 0.6 is 0 Å². The largest absolute Gasteiger partial charge is 0.310 e. The minimum absolute atomic E-state index is 0.577. The maximum Gasteiger partial charge on any atom is 0.0754 e. The summed E-state index contributed by atoms with van der Waals surface area (Å²) >= 11 is 0. The maximum absolute atomic E-state index is 4.04. The smallest absolute Gasteiger partial charge is 0.0754 e. The summed E-state index contributed by atoms with van der Waals surface area (Å²) in [6, 6.07) is 61.5. The predicted octanol–water partition coefficient (Wildman–Crippen LogP) is 13.7. The van der Waals surface area contributed by atoms with Gasteiger partial charge in [0.05, 0.1) is 22.5 Å². The fourth-order valence-corrected chi connectivity index (χ4v) is 11.0. The lowest BCUT2D eigenvalue weighted by Crippen LogP contribution is -2.38. The molecule has 0 saturated heterocycles. The SMILES string of the molecule is C=C/C=C\c1c2c(/c3c4c(cccc14)/C(N1c4ccccc4C4(c5cc(-c6ccccc6)ccc5-c5ccc(-c6ccccc6)cc54)c4ccccc41)=C\CC\C=3)=CC=CC2. The van der Waals surface area contributed by atoms with Crippen molar-refractivity contribution in [3.63, 3.8) is 0 Å². The van der Waals surface area contributed by atoms with Crippen LogP contribution in [0.25, 0.3) is 68.1 Å². The first-order chi connectivity index (χ1) is 30.3. The highest BCUT2D eigenvalue weighted by Crippen LogP contribution is 2.64. The molecule has 1 spiro atoms. The van der Waals surface area contributed by atoms with Gasteiger partial charge in [-0.15, -0.1) is 0 Å². The first kappa shape index (κ1) is 35.5. The fourth-order valence-electron chi connectivity index (χ4n) is 11.0. The van der Waals surface area contributed by atoms with Crippen LogP contribution in [0.2, 0.25) is 0 Å². The van der Waals surface area contributed by atoms with Gasteiger partial charge in [0.25, 0.3) is 0 Å². The van der Waals surface area contributed by atoms with Crippen LogP contribution in [0, 0.1) is 0 Å². The molecule has 1 aliphatic heterocycles. The number of para-hydroxylation sites is 2. The summed E-state index contributed by atoms with van der Waals surface area (Å²) in [5.41, 5.74) is 19.7. The van der Waals surface area contributed by atoms with Crippen molar-refractivity contribution in [3.05, 3.63) is 250 Å². The first-order valence-electron chi connectivity index (χ1n) is 21.6. The van der Waals surface area contributed by atoms with Gasteiger partial charge in [-0.1, -0.05) is 195 Å². The Morgan fingerprint density at radius 3 is 1.77 bits per heavy atom. The summed E-state index contributed by atoms with van der Waals surface area (Å²) in [7, 11) is 0. The van der Waals surface area contributed by atoms with E-state index >= 15 is 0 Å². The normalized spacial score (nSPS) is 16.5. The lowest BCUT2D eigenvalue weighted by molar-refractivity contribution is 0.753. The number of hydrogen-bond acceptors (Lipinski definition) is 1. The van der Waals surface area contributed by atoms with E-state index in [1.165, 1.54) is 111 Å². The molecular weight excluding hydrogens is 735 g/mol. The summed E-state index contributed by atoms with van der Waals surface area (Å²) < 4.78 is 0. The van der Waals surface area contributed by atoms with Crippen molar-refractivity contribution in [2.45, 2.75) is 24.7 Å². The van der Waals surface area contributed by atoms with E-state index in [1.807, 2.05) is 6.08 Å². The summed E-state index contributed by atoms with van der Waals surface area (Å²) in [5, 5.41) is 5.29. The van der Waals surface area contributed by atoms with Crippen molar-refractivity contribution in [1.82, 2.24) is 0 Å². The summed E-state index contributed by atoms with van der Waals surface area (Å²) in [6.07, 6.45) is 20.9. The molecule has 1 heterocycles. The summed E-state index contributed by atoms with van der Waals surface area (Å²) in [6.45, 7) is 4.04. The van der Waals surface area contributed by atoms with Gasteiger partial charge in [-0.2, -0.15) is 0 Å². The third kappa shape index (κ3) is 5.20. The molecule has 0 unspecified atom stereocenters. The highest BCUT2D eigenvalue weighted by Gasteiger charge is 2.52. The Labute approximate surface area is 357 Å². The Morgan fingerprint density at radius 2 is 1.13 bits per heavy atom. The first-order valence-corrected chi connectivity index (χ1v) is 21.6. The topological polar surface area (TPSA) is 3.24 Å². The van der Waals surface area contributed by atoms with Gasteiger partial charge in [0.2, 0.25) is 0 Å². The van der Waals surface area contributed by atoms with Crippen LogP contribution in [0.1, 0.15) is 51.8 Å². The molecule has 8 aromatic carbocycles. The second-order valence-electron chi connectivity index (χ2n) is 16.6. The Morgan fingerprint density at radius 1 is 0.525 bits per heavy atom. The zero-order chi connectivity index (χ0) is 40.5. The van der Waals surface area contributed by atoms with Crippen molar-refractivity contribution in [2.24, 2.45) is 0 Å². The molecular formula is C60H43N. The molecule has 1 nitrogen and oxygen atoms in total. The van der Waals surface area contributed by atoms with Crippen molar-refractivity contribution in [1.29, 1.82) is 0 Å². The van der Waals surface area contributed by atoms with E-state index in [9.17, 15) is 0 Å². The number of allylic oxidation sites excluding steroid dienone is 5. The Hall–Kier alpha value is -7.48. The number of nitrogens with zero attached hydrogens (tertiary/aromatic N) is 1. The van der Waals surface area contributed by atoms with Crippen molar-refractivity contribution in [2.75, 3.05) is 4.90 Å². The van der Waals surface area contributed by atoms with Crippen LogP contribution in [-0.4, -0.2) is 0 Å². The second-order valence-corrected chi connectivity index (χ2v) is 16.6. The predicted molar refractivity (Wildman–Crippen MR) is 258 cm³/mol. The molecule has 1 heteroatoms. The van der Waals surface area contributed by atoms with Gasteiger partial charge in [-0.25, -0.2) is 0 Å². The molecule has 8 aromatic rings. The number of anilines is 2. The number of benzene rings is 8. The fraction of sp³-hybridized carbons (Fsp3) is 0.0667. The van der Waals surface area contributed by atoms with E-state index in [4.69, 9.17) is 0 Å². The highest BCUT2D eigenvalue weighted by atomic mass is 15.2. The lowest BCUT2D eigenvalue weighted by Gasteiger charge is -2.46. The van der Waals surface area contributed by atoms with E-state index < -0.39 is 5.41 Å². The number of hydrogen-bond donors (Lipinski definition) is 0. The molecule has 0 aromatic heterocycles. The Balaban J connectivity index is 1.17.